The van der Waals surface area contributed by atoms with Crippen molar-refractivity contribution in [2.45, 2.75) is 13.3 Å². The number of hydrogen-bond donors (Lipinski definition) is 0. The third-order valence-corrected chi connectivity index (χ3v) is 3.63. The Morgan fingerprint density at radius 3 is 2.17 bits per heavy atom. The minimum absolute atomic E-state index is 0.315. The Balaban J connectivity index is 1.94. The van der Waals surface area contributed by atoms with Gasteiger partial charge in [0, 0.05) is 21.9 Å². The molecular formula is C20H16O4. The lowest BCUT2D eigenvalue weighted by Gasteiger charge is -2.12. The lowest BCUT2D eigenvalue weighted by Crippen LogP contribution is -2.11. The van der Waals surface area contributed by atoms with E-state index in [1.807, 2.05) is 36.4 Å². The van der Waals surface area contributed by atoms with Crippen molar-refractivity contribution in [2.24, 2.45) is 0 Å². The van der Waals surface area contributed by atoms with E-state index in [1.54, 1.807) is 25.1 Å². The summed E-state index contributed by atoms with van der Waals surface area (Å²) >= 11 is 0. The standard InChI is InChI=1S/C20H16O4/c1-13(2)19(21)23-17-11-12-18(16-10-6-5-9-15(16)17)24-20(22)14-7-3-4-8-14/h3-7,9-12H,1,8H2,2H3. The molecule has 1 aliphatic carbocycles. The number of rotatable bonds is 4. The molecule has 0 saturated heterocycles. The lowest BCUT2D eigenvalue weighted by atomic mass is 10.1. The lowest BCUT2D eigenvalue weighted by molar-refractivity contribution is -0.131. The van der Waals surface area contributed by atoms with Gasteiger partial charge in [-0.25, -0.2) is 9.59 Å². The monoisotopic (exact) mass is 320 g/mol. The van der Waals surface area contributed by atoms with Gasteiger partial charge in [0.25, 0.3) is 0 Å². The van der Waals surface area contributed by atoms with Crippen LogP contribution in [0.4, 0.5) is 0 Å². The zero-order valence-electron chi connectivity index (χ0n) is 13.2. The molecule has 0 heterocycles. The molecule has 0 fully saturated rings. The van der Waals surface area contributed by atoms with Crippen LogP contribution in [0.3, 0.4) is 0 Å². The minimum Gasteiger partial charge on any atom is -0.423 e. The van der Waals surface area contributed by atoms with Gasteiger partial charge >= 0.3 is 11.9 Å². The maximum absolute atomic E-state index is 12.2. The fraction of sp³-hybridized carbons (Fsp3) is 0.100. The highest BCUT2D eigenvalue weighted by Crippen LogP contribution is 2.34. The molecule has 2 aromatic carbocycles. The maximum Gasteiger partial charge on any atom is 0.339 e. The summed E-state index contributed by atoms with van der Waals surface area (Å²) in [6.07, 6.45) is 6.04. The van der Waals surface area contributed by atoms with Gasteiger partial charge in [0.15, 0.2) is 0 Å². The van der Waals surface area contributed by atoms with Gasteiger partial charge in [0.2, 0.25) is 0 Å². The zero-order valence-corrected chi connectivity index (χ0v) is 13.2. The Hall–Kier alpha value is -3.14. The van der Waals surface area contributed by atoms with Crippen LogP contribution in [-0.2, 0) is 9.59 Å². The van der Waals surface area contributed by atoms with E-state index in [4.69, 9.17) is 9.47 Å². The highest BCUT2D eigenvalue weighted by Gasteiger charge is 2.16. The smallest absolute Gasteiger partial charge is 0.339 e. The molecule has 24 heavy (non-hydrogen) atoms. The van der Waals surface area contributed by atoms with Crippen LogP contribution < -0.4 is 9.47 Å². The van der Waals surface area contributed by atoms with Crippen molar-refractivity contribution in [3.63, 3.8) is 0 Å². The largest absolute Gasteiger partial charge is 0.423 e. The molecule has 0 atom stereocenters. The molecule has 2 aromatic rings. The van der Waals surface area contributed by atoms with Gasteiger partial charge in [0.1, 0.15) is 11.5 Å². The van der Waals surface area contributed by atoms with Crippen LogP contribution in [0, 0.1) is 0 Å². The average molecular weight is 320 g/mol. The van der Waals surface area contributed by atoms with E-state index >= 15 is 0 Å². The number of hydrogen-bond acceptors (Lipinski definition) is 4. The first kappa shape index (κ1) is 15.7. The van der Waals surface area contributed by atoms with Crippen LogP contribution in [0.15, 0.2) is 72.4 Å². The Bertz CT molecular complexity index is 903. The normalized spacial score (nSPS) is 12.8. The quantitative estimate of drug-likeness (QED) is 0.483. The van der Waals surface area contributed by atoms with Crippen LogP contribution in [0.1, 0.15) is 13.3 Å². The van der Waals surface area contributed by atoms with Crippen molar-refractivity contribution in [1.29, 1.82) is 0 Å². The minimum atomic E-state index is -0.493. The van der Waals surface area contributed by atoms with Crippen molar-refractivity contribution < 1.29 is 19.1 Å². The zero-order chi connectivity index (χ0) is 17.1. The first-order valence-corrected chi connectivity index (χ1v) is 7.53. The molecule has 0 amide bonds. The summed E-state index contributed by atoms with van der Waals surface area (Å²) in [5, 5.41) is 1.39. The molecular weight excluding hydrogens is 304 g/mol. The van der Waals surface area contributed by atoms with Gasteiger partial charge in [-0.2, -0.15) is 0 Å². The van der Waals surface area contributed by atoms with Gasteiger partial charge < -0.3 is 9.47 Å². The predicted molar refractivity (Wildman–Crippen MR) is 91.9 cm³/mol. The SMILES string of the molecule is C=C(C)C(=O)Oc1ccc(OC(=O)C2=CC=CC2)c2ccccc12. The van der Waals surface area contributed by atoms with E-state index in [1.165, 1.54) is 0 Å². The second-order valence-corrected chi connectivity index (χ2v) is 5.49. The number of carbonyl (C=O) groups excluding carboxylic acids is 2. The number of ether oxygens (including phenoxy) is 2. The molecule has 4 nitrogen and oxygen atoms in total. The van der Waals surface area contributed by atoms with Gasteiger partial charge in [-0.05, 0) is 25.5 Å². The molecule has 0 aromatic heterocycles. The van der Waals surface area contributed by atoms with Crippen molar-refractivity contribution in [3.8, 4) is 11.5 Å². The molecule has 0 bridgehead atoms. The van der Waals surface area contributed by atoms with Crippen LogP contribution in [-0.4, -0.2) is 11.9 Å². The summed E-state index contributed by atoms with van der Waals surface area (Å²) in [7, 11) is 0. The van der Waals surface area contributed by atoms with Crippen molar-refractivity contribution >= 4 is 22.7 Å². The molecule has 0 spiro atoms. The molecule has 0 aliphatic heterocycles. The third-order valence-electron chi connectivity index (χ3n) is 3.63. The Morgan fingerprint density at radius 1 is 1.00 bits per heavy atom. The van der Waals surface area contributed by atoms with E-state index in [9.17, 15) is 9.59 Å². The summed E-state index contributed by atoms with van der Waals surface area (Å²) < 4.78 is 10.9. The number of benzene rings is 2. The van der Waals surface area contributed by atoms with Gasteiger partial charge in [-0.15, -0.1) is 0 Å². The highest BCUT2D eigenvalue weighted by molar-refractivity contribution is 5.99. The van der Waals surface area contributed by atoms with E-state index in [-0.39, 0.29) is 5.97 Å². The molecule has 4 heteroatoms. The van der Waals surface area contributed by atoms with E-state index < -0.39 is 5.97 Å². The molecule has 120 valence electrons. The summed E-state index contributed by atoms with van der Waals surface area (Å²) in [4.78, 5) is 24.0. The average Bonchev–Trinajstić information content (AvgIpc) is 3.11. The second kappa shape index (κ2) is 6.54. The van der Waals surface area contributed by atoms with Crippen LogP contribution in [0.2, 0.25) is 0 Å². The topological polar surface area (TPSA) is 52.6 Å². The number of carbonyl (C=O) groups is 2. The van der Waals surface area contributed by atoms with Crippen LogP contribution in [0.25, 0.3) is 10.8 Å². The first-order chi connectivity index (χ1) is 11.6. The van der Waals surface area contributed by atoms with Gasteiger partial charge in [-0.1, -0.05) is 49.1 Å². The van der Waals surface area contributed by atoms with E-state index in [2.05, 4.69) is 6.58 Å². The maximum atomic E-state index is 12.2. The molecule has 0 unspecified atom stereocenters. The molecule has 3 rings (SSSR count). The fourth-order valence-electron chi connectivity index (χ4n) is 2.37. The molecule has 0 radical (unpaired) electrons. The fourth-order valence-corrected chi connectivity index (χ4v) is 2.37. The Kier molecular flexibility index (Phi) is 4.29. The molecule has 1 aliphatic rings. The summed E-state index contributed by atoms with van der Waals surface area (Å²) in [6, 6.07) is 10.5. The van der Waals surface area contributed by atoms with Gasteiger partial charge in [0.05, 0.1) is 0 Å². The number of allylic oxidation sites excluding steroid dienone is 3. The summed E-state index contributed by atoms with van der Waals surface area (Å²) in [6.45, 7) is 5.16. The number of esters is 2. The molecule has 0 saturated carbocycles. The van der Waals surface area contributed by atoms with Crippen molar-refractivity contribution in [1.82, 2.24) is 0 Å². The van der Waals surface area contributed by atoms with E-state index in [0.29, 0.717) is 39.8 Å². The second-order valence-electron chi connectivity index (χ2n) is 5.49. The van der Waals surface area contributed by atoms with Crippen LogP contribution >= 0.6 is 0 Å². The predicted octanol–water partition coefficient (Wildman–Crippen LogP) is 4.11. The Labute approximate surface area is 139 Å². The summed E-state index contributed by atoms with van der Waals surface area (Å²) in [5.74, 6) is -0.0393. The van der Waals surface area contributed by atoms with Crippen molar-refractivity contribution in [2.75, 3.05) is 0 Å². The summed E-state index contributed by atoms with van der Waals surface area (Å²) in [5.41, 5.74) is 0.923. The highest BCUT2D eigenvalue weighted by atomic mass is 16.5. The Morgan fingerprint density at radius 2 is 1.62 bits per heavy atom. The third kappa shape index (κ3) is 3.13. The molecule has 0 N–H and O–H groups in total. The van der Waals surface area contributed by atoms with E-state index in [0.717, 1.165) is 0 Å². The number of fused-ring (bicyclic) bond motifs is 1. The first-order valence-electron chi connectivity index (χ1n) is 7.53. The van der Waals surface area contributed by atoms with Crippen molar-refractivity contribution in [3.05, 3.63) is 72.4 Å². The van der Waals surface area contributed by atoms with Gasteiger partial charge in [-0.3, -0.25) is 0 Å². The van der Waals surface area contributed by atoms with Crippen LogP contribution in [0.5, 0.6) is 11.5 Å².